The number of hydrogen-bond acceptors (Lipinski definition) is 3. The van der Waals surface area contributed by atoms with Crippen molar-refractivity contribution in [2.45, 2.75) is 6.42 Å². The van der Waals surface area contributed by atoms with Gasteiger partial charge in [0.05, 0.1) is 0 Å². The smallest absolute Gasteiger partial charge is 0.169 e. The number of nitrogens with zero attached hydrogens (tertiary/aromatic N) is 1. The van der Waals surface area contributed by atoms with E-state index in [0.29, 0.717) is 29.3 Å². The van der Waals surface area contributed by atoms with Crippen LogP contribution in [-0.2, 0) is 0 Å². The lowest BCUT2D eigenvalue weighted by molar-refractivity contribution is 0.111. The van der Waals surface area contributed by atoms with Gasteiger partial charge < -0.3 is 0 Å². The van der Waals surface area contributed by atoms with Crippen molar-refractivity contribution >= 4 is 29.2 Å². The molecule has 62 valence electrons. The maximum Gasteiger partial charge on any atom is 0.169 e. The number of aldehydes is 1. The van der Waals surface area contributed by atoms with Gasteiger partial charge in [-0.1, -0.05) is 5.92 Å². The predicted octanol–water partition coefficient (Wildman–Crippen LogP) is 1.94. The molecule has 0 radical (unpaired) electrons. The van der Waals surface area contributed by atoms with Crippen LogP contribution in [0.25, 0.3) is 0 Å². The van der Waals surface area contributed by atoms with Gasteiger partial charge in [-0.25, -0.2) is 4.98 Å². The molecule has 0 amide bonds. The average molecular weight is 200 g/mol. The van der Waals surface area contributed by atoms with E-state index >= 15 is 0 Å². The SMILES string of the molecule is O=Cc1csc(C#CCCCl)n1. The zero-order valence-electron chi connectivity index (χ0n) is 6.21. The monoisotopic (exact) mass is 199 g/mol. The van der Waals surface area contributed by atoms with Crippen LogP contribution in [0.15, 0.2) is 5.38 Å². The fourth-order valence-electron chi connectivity index (χ4n) is 0.583. The molecule has 0 bridgehead atoms. The highest BCUT2D eigenvalue weighted by molar-refractivity contribution is 7.10. The van der Waals surface area contributed by atoms with Crippen LogP contribution in [-0.4, -0.2) is 17.2 Å². The fraction of sp³-hybridized carbons (Fsp3) is 0.250. The van der Waals surface area contributed by atoms with Crippen molar-refractivity contribution < 1.29 is 4.79 Å². The van der Waals surface area contributed by atoms with Crippen molar-refractivity contribution in [3.8, 4) is 11.8 Å². The highest BCUT2D eigenvalue weighted by atomic mass is 35.5. The van der Waals surface area contributed by atoms with E-state index < -0.39 is 0 Å². The van der Waals surface area contributed by atoms with Gasteiger partial charge in [-0.3, -0.25) is 4.79 Å². The molecule has 1 aromatic heterocycles. The maximum atomic E-state index is 10.2. The molecule has 0 spiro atoms. The first-order valence-electron chi connectivity index (χ1n) is 3.32. The Kier molecular flexibility index (Phi) is 3.78. The normalized spacial score (nSPS) is 8.75. The number of carbonyl (C=O) groups excluding carboxylic acids is 1. The number of thiazole rings is 1. The highest BCUT2D eigenvalue weighted by Crippen LogP contribution is 2.05. The molecule has 1 aromatic rings. The standard InChI is InChI=1S/C8H6ClNOS/c9-4-2-1-3-8-10-7(5-11)6-12-8/h5-6H,2,4H2. The van der Waals surface area contributed by atoms with Crippen LogP contribution in [0, 0.1) is 11.8 Å². The lowest BCUT2D eigenvalue weighted by Crippen LogP contribution is -1.78. The summed E-state index contributed by atoms with van der Waals surface area (Å²) in [5, 5.41) is 2.35. The number of alkyl halides is 1. The second-order valence-corrected chi connectivity index (χ2v) is 3.17. The summed E-state index contributed by atoms with van der Waals surface area (Å²) >= 11 is 6.79. The van der Waals surface area contributed by atoms with Crippen molar-refractivity contribution in [2.24, 2.45) is 0 Å². The molecular weight excluding hydrogens is 194 g/mol. The van der Waals surface area contributed by atoms with E-state index in [1.807, 2.05) is 0 Å². The Morgan fingerprint density at radius 1 is 1.75 bits per heavy atom. The minimum atomic E-state index is 0.440. The van der Waals surface area contributed by atoms with Gasteiger partial charge in [0.25, 0.3) is 0 Å². The third kappa shape index (κ3) is 2.65. The Balaban J connectivity index is 2.65. The highest BCUT2D eigenvalue weighted by Gasteiger charge is 1.95. The van der Waals surface area contributed by atoms with Crippen LogP contribution < -0.4 is 0 Å². The Labute approximate surface area is 79.6 Å². The second kappa shape index (κ2) is 4.91. The predicted molar refractivity (Wildman–Crippen MR) is 49.7 cm³/mol. The van der Waals surface area contributed by atoms with Crippen LogP contribution in [0.2, 0.25) is 0 Å². The van der Waals surface area contributed by atoms with E-state index in [9.17, 15) is 4.79 Å². The molecule has 12 heavy (non-hydrogen) atoms. The molecule has 2 nitrogen and oxygen atoms in total. The number of carbonyl (C=O) groups is 1. The first-order valence-corrected chi connectivity index (χ1v) is 4.74. The molecule has 4 heteroatoms. The number of hydrogen-bond donors (Lipinski definition) is 0. The zero-order valence-corrected chi connectivity index (χ0v) is 7.78. The van der Waals surface area contributed by atoms with Gasteiger partial charge in [0, 0.05) is 17.7 Å². The summed E-state index contributed by atoms with van der Waals surface area (Å²) in [7, 11) is 0. The van der Waals surface area contributed by atoms with Gasteiger partial charge in [0.1, 0.15) is 5.69 Å². The summed E-state index contributed by atoms with van der Waals surface area (Å²) in [6.45, 7) is 0. The lowest BCUT2D eigenvalue weighted by Gasteiger charge is -1.76. The van der Waals surface area contributed by atoms with Crippen LogP contribution in [0.4, 0.5) is 0 Å². The number of aromatic nitrogens is 1. The van der Waals surface area contributed by atoms with E-state index in [2.05, 4.69) is 16.8 Å². The van der Waals surface area contributed by atoms with Gasteiger partial charge in [0.2, 0.25) is 0 Å². The van der Waals surface area contributed by atoms with Gasteiger partial charge >= 0.3 is 0 Å². The molecule has 0 N–H and O–H groups in total. The quantitative estimate of drug-likeness (QED) is 0.414. The van der Waals surface area contributed by atoms with Gasteiger partial charge in [0.15, 0.2) is 11.3 Å². The summed E-state index contributed by atoms with van der Waals surface area (Å²) in [5.41, 5.74) is 0.440. The molecule has 0 aromatic carbocycles. The number of halogens is 1. The van der Waals surface area contributed by atoms with Crippen molar-refractivity contribution in [3.05, 3.63) is 16.1 Å². The van der Waals surface area contributed by atoms with E-state index in [-0.39, 0.29) is 0 Å². The molecule has 1 rings (SSSR count). The molecule has 0 aliphatic carbocycles. The first-order chi connectivity index (χ1) is 5.86. The molecule has 0 unspecified atom stereocenters. The third-order valence-corrected chi connectivity index (χ3v) is 2.02. The Morgan fingerprint density at radius 2 is 2.58 bits per heavy atom. The van der Waals surface area contributed by atoms with Crippen LogP contribution in [0.3, 0.4) is 0 Å². The Morgan fingerprint density at radius 3 is 3.17 bits per heavy atom. The van der Waals surface area contributed by atoms with Gasteiger partial charge in [-0.05, 0) is 5.92 Å². The Bertz CT molecular complexity index is 323. The Hall–Kier alpha value is -0.850. The second-order valence-electron chi connectivity index (χ2n) is 1.94. The minimum absolute atomic E-state index is 0.440. The van der Waals surface area contributed by atoms with Crippen molar-refractivity contribution in [1.29, 1.82) is 0 Å². The van der Waals surface area contributed by atoms with Gasteiger partial charge in [-0.15, -0.1) is 22.9 Å². The van der Waals surface area contributed by atoms with E-state index in [1.165, 1.54) is 11.3 Å². The maximum absolute atomic E-state index is 10.2. The average Bonchev–Trinajstić information content (AvgIpc) is 2.53. The summed E-state index contributed by atoms with van der Waals surface area (Å²) in [6, 6.07) is 0. The lowest BCUT2D eigenvalue weighted by atomic mass is 10.5. The summed E-state index contributed by atoms with van der Waals surface area (Å²) < 4.78 is 0. The van der Waals surface area contributed by atoms with Crippen LogP contribution in [0.1, 0.15) is 21.9 Å². The molecule has 0 fully saturated rings. The molecule has 0 aliphatic heterocycles. The fourth-order valence-corrected chi connectivity index (χ4v) is 1.31. The molecule has 0 saturated carbocycles. The summed E-state index contributed by atoms with van der Waals surface area (Å²) in [6.07, 6.45) is 1.36. The van der Waals surface area contributed by atoms with Crippen molar-refractivity contribution in [1.82, 2.24) is 4.98 Å². The third-order valence-electron chi connectivity index (χ3n) is 1.06. The van der Waals surface area contributed by atoms with E-state index in [1.54, 1.807) is 5.38 Å². The summed E-state index contributed by atoms with van der Waals surface area (Å²) in [5.74, 6) is 6.18. The molecule has 1 heterocycles. The molecule has 0 saturated heterocycles. The van der Waals surface area contributed by atoms with Crippen LogP contribution in [0.5, 0.6) is 0 Å². The topological polar surface area (TPSA) is 30.0 Å². The summed E-state index contributed by atoms with van der Waals surface area (Å²) in [4.78, 5) is 14.2. The molecule has 0 atom stereocenters. The first kappa shape index (κ1) is 9.24. The van der Waals surface area contributed by atoms with Crippen molar-refractivity contribution in [3.63, 3.8) is 0 Å². The van der Waals surface area contributed by atoms with E-state index in [4.69, 9.17) is 11.6 Å². The van der Waals surface area contributed by atoms with Crippen LogP contribution >= 0.6 is 22.9 Å². The largest absolute Gasteiger partial charge is 0.296 e. The van der Waals surface area contributed by atoms with Gasteiger partial charge in [-0.2, -0.15) is 0 Å². The van der Waals surface area contributed by atoms with E-state index in [0.717, 1.165) is 0 Å². The zero-order chi connectivity index (χ0) is 8.81. The molecule has 0 aliphatic rings. The molecular formula is C8H6ClNOS. The van der Waals surface area contributed by atoms with Crippen molar-refractivity contribution in [2.75, 3.05) is 5.88 Å². The number of rotatable bonds is 2. The minimum Gasteiger partial charge on any atom is -0.296 e.